The first-order valence-electron chi connectivity index (χ1n) is 6.14. The number of hydrogen-bond acceptors (Lipinski definition) is 3. The Kier molecular flexibility index (Phi) is 4.26. The van der Waals surface area contributed by atoms with E-state index in [1.165, 1.54) is 0 Å². The molecule has 3 N–H and O–H groups in total. The lowest BCUT2D eigenvalue weighted by molar-refractivity contribution is -0.138. The minimum absolute atomic E-state index is 0.448. The molecule has 19 heavy (non-hydrogen) atoms. The van der Waals surface area contributed by atoms with E-state index < -0.39 is 12.0 Å². The van der Waals surface area contributed by atoms with Gasteiger partial charge in [0.25, 0.3) is 0 Å². The zero-order valence-corrected chi connectivity index (χ0v) is 10.5. The highest BCUT2D eigenvalue weighted by Gasteiger charge is 2.10. The number of carboxylic acid groups (broad SMARTS) is 1. The molecule has 0 fully saturated rings. The number of carboxylic acids is 1. The SMILES string of the molecule is N[C@@H](CCc1ccc(-c2ccncc2)cc1)C(=O)O. The Morgan fingerprint density at radius 1 is 1.11 bits per heavy atom. The van der Waals surface area contributed by atoms with Crippen LogP contribution in [0.3, 0.4) is 0 Å². The first kappa shape index (κ1) is 13.2. The third-order valence-corrected chi connectivity index (χ3v) is 3.03. The first-order valence-corrected chi connectivity index (χ1v) is 6.14. The second kappa shape index (κ2) is 6.11. The van der Waals surface area contributed by atoms with Gasteiger partial charge >= 0.3 is 5.97 Å². The fourth-order valence-corrected chi connectivity index (χ4v) is 1.85. The molecule has 0 amide bonds. The van der Waals surface area contributed by atoms with Crippen molar-refractivity contribution in [1.82, 2.24) is 4.98 Å². The van der Waals surface area contributed by atoms with Gasteiger partial charge in [-0.3, -0.25) is 9.78 Å². The van der Waals surface area contributed by atoms with Crippen LogP contribution in [0, 0.1) is 0 Å². The Morgan fingerprint density at radius 2 is 1.68 bits per heavy atom. The highest BCUT2D eigenvalue weighted by Crippen LogP contribution is 2.19. The summed E-state index contributed by atoms with van der Waals surface area (Å²) in [4.78, 5) is 14.6. The van der Waals surface area contributed by atoms with Crippen LogP contribution in [-0.4, -0.2) is 22.1 Å². The molecule has 1 heterocycles. The molecule has 2 aromatic rings. The topological polar surface area (TPSA) is 76.2 Å². The molecule has 98 valence electrons. The number of aryl methyl sites for hydroxylation is 1. The van der Waals surface area contributed by atoms with E-state index in [4.69, 9.17) is 10.8 Å². The zero-order valence-electron chi connectivity index (χ0n) is 10.5. The van der Waals surface area contributed by atoms with Gasteiger partial charge in [-0.15, -0.1) is 0 Å². The lowest BCUT2D eigenvalue weighted by atomic mass is 10.0. The molecule has 0 aliphatic rings. The van der Waals surface area contributed by atoms with Gasteiger partial charge in [0, 0.05) is 12.4 Å². The molecular formula is C15H16N2O2. The third-order valence-electron chi connectivity index (χ3n) is 3.03. The maximum absolute atomic E-state index is 10.6. The van der Waals surface area contributed by atoms with Crippen LogP contribution in [0.4, 0.5) is 0 Å². The molecule has 0 aliphatic carbocycles. The average Bonchev–Trinajstić information content (AvgIpc) is 2.46. The van der Waals surface area contributed by atoms with E-state index in [-0.39, 0.29) is 0 Å². The monoisotopic (exact) mass is 256 g/mol. The van der Waals surface area contributed by atoms with Crippen LogP contribution in [0.1, 0.15) is 12.0 Å². The van der Waals surface area contributed by atoms with Gasteiger partial charge in [0.1, 0.15) is 6.04 Å². The van der Waals surface area contributed by atoms with Gasteiger partial charge in [-0.05, 0) is 41.7 Å². The van der Waals surface area contributed by atoms with Crippen molar-refractivity contribution in [3.05, 3.63) is 54.4 Å². The molecule has 0 saturated heterocycles. The number of pyridine rings is 1. The van der Waals surface area contributed by atoms with Gasteiger partial charge in [0.2, 0.25) is 0 Å². The number of rotatable bonds is 5. The number of aromatic nitrogens is 1. The summed E-state index contributed by atoms with van der Waals surface area (Å²) < 4.78 is 0. The molecular weight excluding hydrogens is 240 g/mol. The van der Waals surface area contributed by atoms with Gasteiger partial charge in [-0.1, -0.05) is 24.3 Å². The molecule has 1 atom stereocenters. The van der Waals surface area contributed by atoms with Crippen LogP contribution in [0.5, 0.6) is 0 Å². The van der Waals surface area contributed by atoms with Crippen molar-refractivity contribution in [2.45, 2.75) is 18.9 Å². The van der Waals surface area contributed by atoms with Gasteiger partial charge in [0.15, 0.2) is 0 Å². The predicted octanol–water partition coefficient (Wildman–Crippen LogP) is 2.09. The Morgan fingerprint density at radius 3 is 2.26 bits per heavy atom. The Balaban J connectivity index is 2.01. The molecule has 1 aromatic heterocycles. The number of nitrogens with zero attached hydrogens (tertiary/aromatic N) is 1. The van der Waals surface area contributed by atoms with E-state index >= 15 is 0 Å². The smallest absolute Gasteiger partial charge is 0.320 e. The summed E-state index contributed by atoms with van der Waals surface area (Å²) >= 11 is 0. The summed E-state index contributed by atoms with van der Waals surface area (Å²) in [5.74, 6) is -0.951. The Hall–Kier alpha value is -2.20. The number of nitrogens with two attached hydrogens (primary N) is 1. The fourth-order valence-electron chi connectivity index (χ4n) is 1.85. The summed E-state index contributed by atoms with van der Waals surface area (Å²) in [6, 6.07) is 11.2. The van der Waals surface area contributed by atoms with Crippen LogP contribution in [-0.2, 0) is 11.2 Å². The van der Waals surface area contributed by atoms with Crippen LogP contribution < -0.4 is 5.73 Å². The first-order chi connectivity index (χ1) is 9.16. The van der Waals surface area contributed by atoms with Crippen molar-refractivity contribution >= 4 is 5.97 Å². The minimum atomic E-state index is -0.951. The zero-order chi connectivity index (χ0) is 13.7. The van der Waals surface area contributed by atoms with Crippen LogP contribution in [0.2, 0.25) is 0 Å². The molecule has 0 unspecified atom stereocenters. The normalized spacial score (nSPS) is 12.1. The van der Waals surface area contributed by atoms with Crippen molar-refractivity contribution in [1.29, 1.82) is 0 Å². The van der Waals surface area contributed by atoms with Gasteiger partial charge in [0.05, 0.1) is 0 Å². The van der Waals surface area contributed by atoms with Crippen LogP contribution in [0.25, 0.3) is 11.1 Å². The van der Waals surface area contributed by atoms with Crippen LogP contribution in [0.15, 0.2) is 48.8 Å². The number of benzene rings is 1. The molecule has 4 nitrogen and oxygen atoms in total. The van der Waals surface area contributed by atoms with Crippen molar-refractivity contribution in [3.63, 3.8) is 0 Å². The minimum Gasteiger partial charge on any atom is -0.480 e. The fraction of sp³-hybridized carbons (Fsp3) is 0.200. The standard InChI is InChI=1S/C15H16N2O2/c16-14(15(18)19)6-3-11-1-4-12(5-2-11)13-7-9-17-10-8-13/h1-2,4-5,7-10,14H,3,6,16H2,(H,18,19)/t14-/m0/s1. The van der Waals surface area contributed by atoms with Crippen molar-refractivity contribution < 1.29 is 9.90 Å². The van der Waals surface area contributed by atoms with Crippen LogP contribution >= 0.6 is 0 Å². The Bertz CT molecular complexity index is 538. The second-order valence-electron chi connectivity index (χ2n) is 4.42. The van der Waals surface area contributed by atoms with E-state index in [0.717, 1.165) is 16.7 Å². The summed E-state index contributed by atoms with van der Waals surface area (Å²) in [6.07, 6.45) is 4.64. The molecule has 4 heteroatoms. The van der Waals surface area contributed by atoms with Gasteiger partial charge in [-0.25, -0.2) is 0 Å². The van der Waals surface area contributed by atoms with E-state index in [9.17, 15) is 4.79 Å². The van der Waals surface area contributed by atoms with E-state index in [0.29, 0.717) is 12.8 Å². The maximum atomic E-state index is 10.6. The maximum Gasteiger partial charge on any atom is 0.320 e. The highest BCUT2D eigenvalue weighted by atomic mass is 16.4. The van der Waals surface area contributed by atoms with Crippen molar-refractivity contribution in [2.75, 3.05) is 0 Å². The number of carbonyl (C=O) groups is 1. The summed E-state index contributed by atoms with van der Waals surface area (Å²) in [6.45, 7) is 0. The molecule has 0 bridgehead atoms. The number of hydrogen-bond donors (Lipinski definition) is 2. The van der Waals surface area contributed by atoms with E-state index in [1.54, 1.807) is 12.4 Å². The molecule has 0 aliphatic heterocycles. The number of aliphatic carboxylic acids is 1. The molecule has 2 rings (SSSR count). The van der Waals surface area contributed by atoms with Crippen molar-refractivity contribution in [2.24, 2.45) is 5.73 Å². The third kappa shape index (κ3) is 3.63. The Labute approximate surface area is 111 Å². The molecule has 1 aromatic carbocycles. The van der Waals surface area contributed by atoms with E-state index in [2.05, 4.69) is 4.98 Å². The summed E-state index contributed by atoms with van der Waals surface area (Å²) in [5.41, 5.74) is 8.80. The molecule has 0 saturated carbocycles. The van der Waals surface area contributed by atoms with Gasteiger partial charge in [-0.2, -0.15) is 0 Å². The summed E-state index contributed by atoms with van der Waals surface area (Å²) in [7, 11) is 0. The largest absolute Gasteiger partial charge is 0.480 e. The average molecular weight is 256 g/mol. The lowest BCUT2D eigenvalue weighted by Gasteiger charge is -2.07. The van der Waals surface area contributed by atoms with Crippen molar-refractivity contribution in [3.8, 4) is 11.1 Å². The van der Waals surface area contributed by atoms with E-state index in [1.807, 2.05) is 36.4 Å². The summed E-state index contributed by atoms with van der Waals surface area (Å²) in [5, 5.41) is 8.72. The highest BCUT2D eigenvalue weighted by molar-refractivity contribution is 5.73. The van der Waals surface area contributed by atoms with Gasteiger partial charge < -0.3 is 10.8 Å². The second-order valence-corrected chi connectivity index (χ2v) is 4.42. The lowest BCUT2D eigenvalue weighted by Crippen LogP contribution is -2.30. The quantitative estimate of drug-likeness (QED) is 0.858. The predicted molar refractivity (Wildman–Crippen MR) is 73.6 cm³/mol. The molecule has 0 radical (unpaired) electrons. The molecule has 0 spiro atoms.